The van der Waals surface area contributed by atoms with Crippen molar-refractivity contribution in [1.82, 2.24) is 4.90 Å². The van der Waals surface area contributed by atoms with E-state index in [1.54, 1.807) is 12.1 Å². The molecule has 0 unspecified atom stereocenters. The topological polar surface area (TPSA) is 49.4 Å². The number of hydrogen-bond acceptors (Lipinski definition) is 3. The van der Waals surface area contributed by atoms with Crippen molar-refractivity contribution in [3.05, 3.63) is 71.3 Å². The van der Waals surface area contributed by atoms with Gasteiger partial charge in [-0.3, -0.25) is 9.59 Å². The summed E-state index contributed by atoms with van der Waals surface area (Å²) in [4.78, 5) is 26.9. The summed E-state index contributed by atoms with van der Waals surface area (Å²) >= 11 is 1.88. The molecular weight excluding hydrogens is 356 g/mol. The normalized spacial score (nSPS) is 14.7. The second kappa shape index (κ2) is 8.91. The number of nitrogens with one attached hydrogen (secondary N) is 1. The minimum atomic E-state index is -0.174. The van der Waals surface area contributed by atoms with E-state index >= 15 is 0 Å². The van der Waals surface area contributed by atoms with Gasteiger partial charge in [-0.25, -0.2) is 0 Å². The van der Waals surface area contributed by atoms with Crippen LogP contribution in [0.5, 0.6) is 0 Å². The van der Waals surface area contributed by atoms with Gasteiger partial charge >= 0.3 is 0 Å². The first kappa shape index (κ1) is 19.2. The average Bonchev–Trinajstić information content (AvgIpc) is 2.70. The van der Waals surface area contributed by atoms with Gasteiger partial charge in [-0.2, -0.15) is 11.8 Å². The van der Waals surface area contributed by atoms with Crippen molar-refractivity contribution in [1.29, 1.82) is 0 Å². The summed E-state index contributed by atoms with van der Waals surface area (Å²) in [6.07, 6.45) is 1.60. The summed E-state index contributed by atoms with van der Waals surface area (Å²) in [6, 6.07) is 15.3. The van der Waals surface area contributed by atoms with Gasteiger partial charge in [-0.05, 0) is 48.7 Å². The molecule has 4 nitrogen and oxygen atoms in total. The monoisotopic (exact) mass is 380 g/mol. The molecule has 2 aromatic rings. The first-order valence-electron chi connectivity index (χ1n) is 9.07. The van der Waals surface area contributed by atoms with Crippen molar-refractivity contribution in [2.24, 2.45) is 0 Å². The Labute approximate surface area is 164 Å². The molecule has 5 heteroatoms. The second-order valence-corrected chi connectivity index (χ2v) is 7.84. The van der Waals surface area contributed by atoms with Crippen LogP contribution in [0.25, 0.3) is 5.57 Å². The van der Waals surface area contributed by atoms with Gasteiger partial charge in [0.2, 0.25) is 5.91 Å². The molecule has 0 aliphatic carbocycles. The van der Waals surface area contributed by atoms with Crippen molar-refractivity contribution in [2.45, 2.75) is 13.8 Å². The molecule has 0 spiro atoms. The Bertz CT molecular complexity index is 856. The number of allylic oxidation sites excluding steroid dienone is 1. The van der Waals surface area contributed by atoms with Crippen LogP contribution in [-0.4, -0.2) is 41.3 Å². The van der Waals surface area contributed by atoms with E-state index in [9.17, 15) is 9.59 Å². The predicted octanol–water partition coefficient (Wildman–Crippen LogP) is 4.23. The SMILES string of the molecule is C/C(=C/C(=O)Nc1ccc(C(=O)N2CCSCC2)cc1C)c1ccccc1. The average molecular weight is 381 g/mol. The van der Waals surface area contributed by atoms with E-state index in [-0.39, 0.29) is 11.8 Å². The van der Waals surface area contributed by atoms with Crippen LogP contribution >= 0.6 is 11.8 Å². The minimum Gasteiger partial charge on any atom is -0.337 e. The highest BCUT2D eigenvalue weighted by molar-refractivity contribution is 7.99. The molecule has 0 bridgehead atoms. The fourth-order valence-electron chi connectivity index (χ4n) is 3.04. The number of aryl methyl sites for hydroxylation is 1. The Morgan fingerprint density at radius 1 is 1.04 bits per heavy atom. The lowest BCUT2D eigenvalue weighted by Crippen LogP contribution is -2.37. The summed E-state index contributed by atoms with van der Waals surface area (Å²) < 4.78 is 0. The summed E-state index contributed by atoms with van der Waals surface area (Å²) in [7, 11) is 0. The lowest BCUT2D eigenvalue weighted by atomic mass is 10.1. The van der Waals surface area contributed by atoms with Gasteiger partial charge in [0, 0.05) is 41.9 Å². The maximum absolute atomic E-state index is 12.6. The quantitative estimate of drug-likeness (QED) is 0.808. The van der Waals surface area contributed by atoms with Crippen molar-refractivity contribution in [2.75, 3.05) is 29.9 Å². The third-order valence-corrected chi connectivity index (χ3v) is 5.55. The van der Waals surface area contributed by atoms with E-state index in [1.807, 2.05) is 73.0 Å². The first-order valence-corrected chi connectivity index (χ1v) is 10.2. The van der Waals surface area contributed by atoms with Crippen molar-refractivity contribution >= 4 is 34.8 Å². The summed E-state index contributed by atoms with van der Waals surface area (Å²) in [5.41, 5.74) is 4.20. The lowest BCUT2D eigenvalue weighted by Gasteiger charge is -2.26. The van der Waals surface area contributed by atoms with E-state index in [2.05, 4.69) is 5.32 Å². The smallest absolute Gasteiger partial charge is 0.253 e. The van der Waals surface area contributed by atoms with E-state index in [0.29, 0.717) is 5.56 Å². The molecule has 2 aromatic carbocycles. The van der Waals surface area contributed by atoms with Crippen LogP contribution in [0.2, 0.25) is 0 Å². The van der Waals surface area contributed by atoms with Gasteiger partial charge in [0.15, 0.2) is 0 Å². The highest BCUT2D eigenvalue weighted by Crippen LogP contribution is 2.20. The molecule has 1 saturated heterocycles. The zero-order valence-electron chi connectivity index (χ0n) is 15.7. The predicted molar refractivity (Wildman–Crippen MR) is 113 cm³/mol. The Balaban J connectivity index is 1.68. The van der Waals surface area contributed by atoms with E-state index < -0.39 is 0 Å². The fourth-order valence-corrected chi connectivity index (χ4v) is 3.94. The molecule has 1 N–H and O–H groups in total. The zero-order chi connectivity index (χ0) is 19.2. The summed E-state index contributed by atoms with van der Waals surface area (Å²) in [5, 5.41) is 2.91. The number of benzene rings is 2. The number of rotatable bonds is 4. The molecule has 1 fully saturated rings. The molecule has 0 atom stereocenters. The highest BCUT2D eigenvalue weighted by Gasteiger charge is 2.19. The molecule has 1 aliphatic rings. The molecule has 140 valence electrons. The molecule has 1 heterocycles. The van der Waals surface area contributed by atoms with Crippen molar-refractivity contribution < 1.29 is 9.59 Å². The molecular formula is C22H24N2O2S. The second-order valence-electron chi connectivity index (χ2n) is 6.62. The molecule has 0 saturated carbocycles. The van der Waals surface area contributed by atoms with Gasteiger partial charge < -0.3 is 10.2 Å². The number of carbonyl (C=O) groups is 2. The Hall–Kier alpha value is -2.53. The standard InChI is InChI=1S/C22H24N2O2S/c1-16(18-6-4-3-5-7-18)15-21(25)23-20-9-8-19(14-17(20)2)22(26)24-10-12-27-13-11-24/h3-9,14-15H,10-13H2,1-2H3,(H,23,25)/b16-15-. The molecule has 0 aromatic heterocycles. The van der Waals surface area contributed by atoms with Gasteiger partial charge in [-0.1, -0.05) is 30.3 Å². The van der Waals surface area contributed by atoms with Gasteiger partial charge in [0.1, 0.15) is 0 Å². The van der Waals surface area contributed by atoms with Gasteiger partial charge in [0.25, 0.3) is 5.91 Å². The Morgan fingerprint density at radius 2 is 1.74 bits per heavy atom. The Morgan fingerprint density at radius 3 is 2.41 bits per heavy atom. The van der Waals surface area contributed by atoms with Crippen LogP contribution in [0.4, 0.5) is 5.69 Å². The lowest BCUT2D eigenvalue weighted by molar-refractivity contribution is -0.111. The summed E-state index contributed by atoms with van der Waals surface area (Å²) in [6.45, 7) is 5.42. The highest BCUT2D eigenvalue weighted by atomic mass is 32.2. The largest absolute Gasteiger partial charge is 0.337 e. The number of carbonyl (C=O) groups excluding carboxylic acids is 2. The van der Waals surface area contributed by atoms with E-state index in [0.717, 1.165) is 47.0 Å². The minimum absolute atomic E-state index is 0.0658. The third kappa shape index (κ3) is 5.01. The number of thioether (sulfide) groups is 1. The number of anilines is 1. The molecule has 0 radical (unpaired) electrons. The Kier molecular flexibility index (Phi) is 6.35. The van der Waals surface area contributed by atoms with E-state index in [1.165, 1.54) is 0 Å². The zero-order valence-corrected chi connectivity index (χ0v) is 16.5. The van der Waals surface area contributed by atoms with Crippen molar-refractivity contribution in [3.8, 4) is 0 Å². The molecule has 2 amide bonds. The number of amides is 2. The number of nitrogens with zero attached hydrogens (tertiary/aromatic N) is 1. The van der Waals surface area contributed by atoms with Crippen LogP contribution in [0.15, 0.2) is 54.6 Å². The maximum atomic E-state index is 12.6. The molecule has 1 aliphatic heterocycles. The first-order chi connectivity index (χ1) is 13.0. The summed E-state index contributed by atoms with van der Waals surface area (Å²) in [5.74, 6) is 1.88. The van der Waals surface area contributed by atoms with E-state index in [4.69, 9.17) is 0 Å². The maximum Gasteiger partial charge on any atom is 0.253 e. The number of hydrogen-bond donors (Lipinski definition) is 1. The van der Waals surface area contributed by atoms with Crippen molar-refractivity contribution in [3.63, 3.8) is 0 Å². The van der Waals surface area contributed by atoms with Crippen LogP contribution in [-0.2, 0) is 4.79 Å². The van der Waals surface area contributed by atoms with Crippen LogP contribution in [0, 0.1) is 6.92 Å². The third-order valence-electron chi connectivity index (χ3n) is 4.61. The van der Waals surface area contributed by atoms with Crippen LogP contribution in [0.3, 0.4) is 0 Å². The molecule has 27 heavy (non-hydrogen) atoms. The van der Waals surface area contributed by atoms with Gasteiger partial charge in [-0.15, -0.1) is 0 Å². The van der Waals surface area contributed by atoms with Crippen LogP contribution < -0.4 is 5.32 Å². The van der Waals surface area contributed by atoms with Gasteiger partial charge in [0.05, 0.1) is 0 Å². The molecule has 3 rings (SSSR count). The van der Waals surface area contributed by atoms with Crippen LogP contribution in [0.1, 0.15) is 28.4 Å². The fraction of sp³-hybridized carbons (Fsp3) is 0.273.